The molecule has 0 amide bonds. The van der Waals surface area contributed by atoms with Crippen LogP contribution in [0.2, 0.25) is 0 Å². The highest BCUT2D eigenvalue weighted by atomic mass is 32.2. The van der Waals surface area contributed by atoms with Gasteiger partial charge in [-0.3, -0.25) is 4.98 Å². The molecule has 8 heteroatoms. The van der Waals surface area contributed by atoms with E-state index in [9.17, 15) is 13.9 Å². The first kappa shape index (κ1) is 16.5. The minimum atomic E-state index is -0.890. The zero-order chi connectivity index (χ0) is 18.1. The summed E-state index contributed by atoms with van der Waals surface area (Å²) in [6.45, 7) is 0. The lowest BCUT2D eigenvalue weighted by Crippen LogP contribution is -1.96. The molecule has 4 rings (SSSR count). The first-order valence-electron chi connectivity index (χ1n) is 7.68. The Bertz CT molecular complexity index is 1090. The lowest BCUT2D eigenvalue weighted by molar-refractivity contribution is 0.434. The van der Waals surface area contributed by atoms with E-state index < -0.39 is 11.6 Å². The molecule has 0 saturated heterocycles. The molecule has 1 aromatic carbocycles. The van der Waals surface area contributed by atoms with Gasteiger partial charge in [0.15, 0.2) is 17.3 Å². The number of pyridine rings is 1. The third-order valence-electron chi connectivity index (χ3n) is 3.73. The van der Waals surface area contributed by atoms with Crippen LogP contribution in [0.1, 0.15) is 5.69 Å². The zero-order valence-electron chi connectivity index (χ0n) is 13.3. The van der Waals surface area contributed by atoms with Gasteiger partial charge < -0.3 is 5.11 Å². The van der Waals surface area contributed by atoms with Gasteiger partial charge in [-0.1, -0.05) is 6.07 Å². The van der Waals surface area contributed by atoms with Gasteiger partial charge in [-0.05, 0) is 24.3 Å². The minimum Gasteiger partial charge on any atom is -0.493 e. The van der Waals surface area contributed by atoms with Crippen molar-refractivity contribution in [2.24, 2.45) is 0 Å². The van der Waals surface area contributed by atoms with E-state index in [-0.39, 0.29) is 16.5 Å². The summed E-state index contributed by atoms with van der Waals surface area (Å²) in [4.78, 5) is 8.59. The van der Waals surface area contributed by atoms with Crippen molar-refractivity contribution in [2.75, 3.05) is 0 Å². The van der Waals surface area contributed by atoms with Gasteiger partial charge in [0.2, 0.25) is 5.88 Å². The first-order valence-corrected chi connectivity index (χ1v) is 8.66. The molecule has 0 bridgehead atoms. The van der Waals surface area contributed by atoms with E-state index in [1.165, 1.54) is 22.7 Å². The molecule has 3 heterocycles. The van der Waals surface area contributed by atoms with E-state index in [2.05, 4.69) is 15.1 Å². The number of fused-ring (bicyclic) bond motifs is 1. The highest BCUT2D eigenvalue weighted by molar-refractivity contribution is 7.98. The molecule has 0 radical (unpaired) electrons. The third-order valence-corrected chi connectivity index (χ3v) is 4.80. The van der Waals surface area contributed by atoms with Gasteiger partial charge >= 0.3 is 0 Å². The number of thioether (sulfide) groups is 1. The first-order chi connectivity index (χ1) is 12.6. The molecule has 0 unspecified atom stereocenters. The Morgan fingerprint density at radius 3 is 2.69 bits per heavy atom. The average molecular weight is 370 g/mol. The predicted molar refractivity (Wildman–Crippen MR) is 93.8 cm³/mol. The highest BCUT2D eigenvalue weighted by Gasteiger charge is 2.12. The van der Waals surface area contributed by atoms with Crippen LogP contribution in [0.4, 0.5) is 8.78 Å². The second kappa shape index (κ2) is 6.72. The number of hydrogen-bond acceptors (Lipinski definition) is 5. The van der Waals surface area contributed by atoms with Crippen molar-refractivity contribution in [3.63, 3.8) is 0 Å². The van der Waals surface area contributed by atoms with Gasteiger partial charge in [-0.2, -0.15) is 9.61 Å². The van der Waals surface area contributed by atoms with Gasteiger partial charge in [-0.25, -0.2) is 13.8 Å². The van der Waals surface area contributed by atoms with Crippen LogP contribution in [0.3, 0.4) is 0 Å². The summed E-state index contributed by atoms with van der Waals surface area (Å²) in [6.07, 6.45) is 3.31. The quantitative estimate of drug-likeness (QED) is 0.549. The van der Waals surface area contributed by atoms with Crippen molar-refractivity contribution < 1.29 is 13.9 Å². The van der Waals surface area contributed by atoms with Crippen molar-refractivity contribution in [3.8, 4) is 17.1 Å². The minimum absolute atomic E-state index is 0.0781. The maximum Gasteiger partial charge on any atom is 0.215 e. The Morgan fingerprint density at radius 1 is 1.08 bits per heavy atom. The van der Waals surface area contributed by atoms with Crippen molar-refractivity contribution >= 4 is 17.4 Å². The van der Waals surface area contributed by atoms with Crippen molar-refractivity contribution in [1.29, 1.82) is 0 Å². The fourth-order valence-corrected chi connectivity index (χ4v) is 3.34. The van der Waals surface area contributed by atoms with E-state index >= 15 is 0 Å². The molecule has 5 nitrogen and oxygen atoms in total. The van der Waals surface area contributed by atoms with E-state index in [4.69, 9.17) is 0 Å². The molecule has 26 heavy (non-hydrogen) atoms. The Morgan fingerprint density at radius 2 is 1.88 bits per heavy atom. The number of hydrogen-bond donors (Lipinski definition) is 1. The van der Waals surface area contributed by atoms with Crippen LogP contribution >= 0.6 is 11.8 Å². The average Bonchev–Trinajstić information content (AvgIpc) is 3.08. The van der Waals surface area contributed by atoms with Crippen LogP contribution in [0.5, 0.6) is 5.88 Å². The van der Waals surface area contributed by atoms with E-state index in [1.807, 2.05) is 12.1 Å². The molecule has 0 saturated carbocycles. The molecular weight excluding hydrogens is 358 g/mol. The summed E-state index contributed by atoms with van der Waals surface area (Å²) in [5, 5.41) is 14.5. The van der Waals surface area contributed by atoms with Crippen LogP contribution in [-0.4, -0.2) is 24.7 Å². The second-order valence-corrected chi connectivity index (χ2v) is 6.50. The van der Waals surface area contributed by atoms with Crippen LogP contribution in [-0.2, 0) is 5.75 Å². The lowest BCUT2D eigenvalue weighted by Gasteiger charge is -2.05. The van der Waals surface area contributed by atoms with Crippen LogP contribution in [0.25, 0.3) is 16.9 Å². The molecule has 0 spiro atoms. The number of aromatic nitrogens is 4. The number of nitrogens with zero attached hydrogens (tertiary/aromatic N) is 4. The van der Waals surface area contributed by atoms with Gasteiger partial charge in [0.05, 0.1) is 11.4 Å². The smallest absolute Gasteiger partial charge is 0.215 e. The maximum atomic E-state index is 13.7. The summed E-state index contributed by atoms with van der Waals surface area (Å²) in [5.41, 5.74) is 2.50. The van der Waals surface area contributed by atoms with Crippen molar-refractivity contribution in [3.05, 3.63) is 72.2 Å². The number of benzene rings is 1. The molecule has 0 aliphatic heterocycles. The fraction of sp³-hybridized carbons (Fsp3) is 0.0556. The SMILES string of the molecule is Oc1cc(CSc2cccc(F)c2F)nc2cc(-c3ccncc3)nn12. The van der Waals surface area contributed by atoms with E-state index in [1.54, 1.807) is 18.5 Å². The Labute approximate surface area is 151 Å². The predicted octanol–water partition coefficient (Wildman–Crippen LogP) is 4.07. The number of halogens is 2. The van der Waals surface area contributed by atoms with Crippen LogP contribution in [0, 0.1) is 11.6 Å². The highest BCUT2D eigenvalue weighted by Crippen LogP contribution is 2.28. The van der Waals surface area contributed by atoms with Crippen LogP contribution < -0.4 is 0 Å². The molecule has 0 atom stereocenters. The monoisotopic (exact) mass is 370 g/mol. The molecule has 1 N–H and O–H groups in total. The Balaban J connectivity index is 1.63. The molecular formula is C18H12F2N4OS. The Hall–Kier alpha value is -3.00. The van der Waals surface area contributed by atoms with E-state index in [0.717, 1.165) is 23.4 Å². The van der Waals surface area contributed by atoms with Crippen molar-refractivity contribution in [2.45, 2.75) is 10.6 Å². The largest absolute Gasteiger partial charge is 0.493 e. The molecule has 4 aromatic rings. The molecule has 0 fully saturated rings. The zero-order valence-corrected chi connectivity index (χ0v) is 14.1. The fourth-order valence-electron chi connectivity index (χ4n) is 2.49. The summed E-state index contributed by atoms with van der Waals surface area (Å²) >= 11 is 1.11. The summed E-state index contributed by atoms with van der Waals surface area (Å²) < 4.78 is 28.4. The van der Waals surface area contributed by atoms with E-state index in [0.29, 0.717) is 17.0 Å². The molecule has 0 aliphatic rings. The standard InChI is InChI=1S/C18H12F2N4OS/c19-13-2-1-3-15(18(13)20)26-10-12-8-17(25)24-16(22-12)9-14(23-24)11-4-6-21-7-5-11/h1-9,25H,10H2. The third kappa shape index (κ3) is 3.11. The van der Waals surface area contributed by atoms with Gasteiger partial charge in [-0.15, -0.1) is 11.8 Å². The summed E-state index contributed by atoms with van der Waals surface area (Å²) in [6, 6.07) is 10.8. The van der Waals surface area contributed by atoms with Gasteiger partial charge in [0, 0.05) is 40.7 Å². The summed E-state index contributed by atoms with van der Waals surface area (Å²) in [5.74, 6) is -1.57. The van der Waals surface area contributed by atoms with Gasteiger partial charge in [0.1, 0.15) is 0 Å². The number of rotatable bonds is 4. The lowest BCUT2D eigenvalue weighted by atomic mass is 10.2. The second-order valence-electron chi connectivity index (χ2n) is 5.48. The van der Waals surface area contributed by atoms with Crippen molar-refractivity contribution in [1.82, 2.24) is 19.6 Å². The molecule has 3 aromatic heterocycles. The molecule has 130 valence electrons. The van der Waals surface area contributed by atoms with Gasteiger partial charge in [0.25, 0.3) is 0 Å². The Kier molecular flexibility index (Phi) is 4.26. The maximum absolute atomic E-state index is 13.7. The topological polar surface area (TPSA) is 63.3 Å². The molecule has 0 aliphatic carbocycles. The normalized spacial score (nSPS) is 11.2. The number of aromatic hydroxyl groups is 1. The van der Waals surface area contributed by atoms with Crippen LogP contribution in [0.15, 0.2) is 59.8 Å². The summed E-state index contributed by atoms with van der Waals surface area (Å²) in [7, 11) is 0.